The van der Waals surface area contributed by atoms with Gasteiger partial charge in [-0.1, -0.05) is 18.2 Å². The van der Waals surface area contributed by atoms with Crippen LogP contribution >= 0.6 is 0 Å². The van der Waals surface area contributed by atoms with E-state index in [1.54, 1.807) is 18.3 Å². The van der Waals surface area contributed by atoms with E-state index in [0.717, 1.165) is 5.39 Å². The van der Waals surface area contributed by atoms with Gasteiger partial charge in [0.1, 0.15) is 0 Å². The average Bonchev–Trinajstić information content (AvgIpc) is 2.73. The molecule has 1 aromatic carbocycles. The fourth-order valence-corrected chi connectivity index (χ4v) is 1.90. The van der Waals surface area contributed by atoms with Gasteiger partial charge in [-0.25, -0.2) is 0 Å². The molecule has 1 atom stereocenters. The van der Waals surface area contributed by atoms with E-state index in [1.807, 2.05) is 12.1 Å². The summed E-state index contributed by atoms with van der Waals surface area (Å²) in [5.74, 6) is -3.29. The second kappa shape index (κ2) is 4.29. The highest BCUT2D eigenvalue weighted by atomic mass is 16.4. The van der Waals surface area contributed by atoms with Gasteiger partial charge in [-0.05, 0) is 17.0 Å². The molecule has 3 N–H and O–H groups in total. The molecule has 1 unspecified atom stereocenters. The smallest absolute Gasteiger partial charge is 0.311 e. The molecule has 5 nitrogen and oxygen atoms in total. The van der Waals surface area contributed by atoms with Crippen molar-refractivity contribution in [1.29, 1.82) is 0 Å². The van der Waals surface area contributed by atoms with E-state index >= 15 is 0 Å². The zero-order valence-electron chi connectivity index (χ0n) is 8.88. The van der Waals surface area contributed by atoms with Gasteiger partial charge >= 0.3 is 11.9 Å². The molecule has 0 spiro atoms. The lowest BCUT2D eigenvalue weighted by Crippen LogP contribution is -2.16. The van der Waals surface area contributed by atoms with Gasteiger partial charge in [-0.15, -0.1) is 0 Å². The third kappa shape index (κ3) is 2.13. The number of aromatic amines is 1. The third-order valence-electron chi connectivity index (χ3n) is 2.67. The van der Waals surface area contributed by atoms with Crippen molar-refractivity contribution in [1.82, 2.24) is 4.98 Å². The number of hydrogen-bond donors (Lipinski definition) is 3. The van der Waals surface area contributed by atoms with E-state index in [4.69, 9.17) is 10.2 Å². The molecule has 2 rings (SSSR count). The summed E-state index contributed by atoms with van der Waals surface area (Å²) in [4.78, 5) is 24.8. The maximum Gasteiger partial charge on any atom is 0.311 e. The molecule has 0 amide bonds. The van der Waals surface area contributed by atoms with Crippen LogP contribution in [-0.4, -0.2) is 27.1 Å². The number of H-pyrrole nitrogens is 1. The van der Waals surface area contributed by atoms with Gasteiger partial charge in [0, 0.05) is 11.7 Å². The normalized spacial score (nSPS) is 12.5. The van der Waals surface area contributed by atoms with E-state index in [0.29, 0.717) is 11.1 Å². The summed E-state index contributed by atoms with van der Waals surface area (Å²) in [6.45, 7) is 0. The Morgan fingerprint density at radius 3 is 2.65 bits per heavy atom. The van der Waals surface area contributed by atoms with Crippen LogP contribution in [-0.2, 0) is 9.59 Å². The van der Waals surface area contributed by atoms with Crippen molar-refractivity contribution in [2.45, 2.75) is 12.3 Å². The minimum atomic E-state index is -1.13. The molecule has 0 bridgehead atoms. The summed E-state index contributed by atoms with van der Waals surface area (Å²) in [7, 11) is 0. The molecular weight excluding hydrogens is 222 g/mol. The Balaban J connectivity index is 2.51. The maximum absolute atomic E-state index is 11.1. The molecule has 2 aromatic rings. The molecule has 5 heteroatoms. The molecule has 0 radical (unpaired) electrons. The molecule has 0 saturated heterocycles. The number of aromatic nitrogens is 1. The highest BCUT2D eigenvalue weighted by molar-refractivity contribution is 5.90. The molecule has 88 valence electrons. The Kier molecular flexibility index (Phi) is 2.82. The largest absolute Gasteiger partial charge is 0.481 e. The van der Waals surface area contributed by atoms with Gasteiger partial charge in [0.15, 0.2) is 0 Å². The molecule has 0 saturated carbocycles. The Morgan fingerprint density at radius 2 is 2.00 bits per heavy atom. The molecule has 0 fully saturated rings. The summed E-state index contributed by atoms with van der Waals surface area (Å²) >= 11 is 0. The number of fused-ring (bicyclic) bond motifs is 1. The van der Waals surface area contributed by atoms with Crippen LogP contribution in [0.5, 0.6) is 0 Å². The summed E-state index contributed by atoms with van der Waals surface area (Å²) < 4.78 is 0. The van der Waals surface area contributed by atoms with Crippen LogP contribution in [0.4, 0.5) is 0 Å². The number of rotatable bonds is 4. The number of aliphatic carboxylic acids is 2. The number of benzene rings is 1. The van der Waals surface area contributed by atoms with Crippen molar-refractivity contribution in [3.63, 3.8) is 0 Å². The van der Waals surface area contributed by atoms with Crippen molar-refractivity contribution < 1.29 is 19.8 Å². The molecule has 1 aromatic heterocycles. The van der Waals surface area contributed by atoms with Crippen LogP contribution in [0.3, 0.4) is 0 Å². The van der Waals surface area contributed by atoms with E-state index in [9.17, 15) is 9.59 Å². The first-order valence-electron chi connectivity index (χ1n) is 5.10. The number of carboxylic acid groups (broad SMARTS) is 2. The zero-order valence-corrected chi connectivity index (χ0v) is 8.88. The molecule has 0 aliphatic carbocycles. The fraction of sp³-hybridized carbons (Fsp3) is 0.167. The van der Waals surface area contributed by atoms with Gasteiger partial charge in [0.2, 0.25) is 0 Å². The lowest BCUT2D eigenvalue weighted by molar-refractivity contribution is -0.145. The number of nitrogens with one attached hydrogen (secondary N) is 1. The number of carbonyl (C=O) groups is 2. The SMILES string of the molecule is O=C(O)CC(C(=O)O)c1cccc2cc[nH]c12. The predicted octanol–water partition coefficient (Wildman–Crippen LogP) is 1.81. The van der Waals surface area contributed by atoms with Crippen LogP contribution in [0.2, 0.25) is 0 Å². The molecule has 0 aliphatic rings. The second-order valence-electron chi connectivity index (χ2n) is 3.78. The molecule has 1 heterocycles. The van der Waals surface area contributed by atoms with Crippen LogP contribution in [0, 0.1) is 0 Å². The van der Waals surface area contributed by atoms with Crippen molar-refractivity contribution in [2.75, 3.05) is 0 Å². The minimum Gasteiger partial charge on any atom is -0.481 e. The quantitative estimate of drug-likeness (QED) is 0.751. The summed E-state index contributed by atoms with van der Waals surface area (Å²) in [5, 5.41) is 18.7. The molecule has 0 aliphatic heterocycles. The van der Waals surface area contributed by atoms with Gasteiger partial charge in [-0.2, -0.15) is 0 Å². The van der Waals surface area contributed by atoms with Crippen LogP contribution in [0.15, 0.2) is 30.5 Å². The number of carboxylic acids is 2. The van der Waals surface area contributed by atoms with Gasteiger partial charge < -0.3 is 15.2 Å². The number of para-hydroxylation sites is 1. The first-order chi connectivity index (χ1) is 8.09. The Labute approximate surface area is 96.7 Å². The highest BCUT2D eigenvalue weighted by Gasteiger charge is 2.25. The third-order valence-corrected chi connectivity index (χ3v) is 2.67. The Morgan fingerprint density at radius 1 is 1.24 bits per heavy atom. The summed E-state index contributed by atoms with van der Waals surface area (Å²) in [6, 6.07) is 7.03. The Hall–Kier alpha value is -2.30. The second-order valence-corrected chi connectivity index (χ2v) is 3.78. The average molecular weight is 233 g/mol. The maximum atomic E-state index is 11.1. The van der Waals surface area contributed by atoms with Crippen molar-refractivity contribution in [3.05, 3.63) is 36.0 Å². The van der Waals surface area contributed by atoms with E-state index in [1.165, 1.54) is 0 Å². The van der Waals surface area contributed by atoms with Crippen LogP contribution < -0.4 is 0 Å². The van der Waals surface area contributed by atoms with Gasteiger partial charge in [-0.3, -0.25) is 9.59 Å². The van der Waals surface area contributed by atoms with Crippen molar-refractivity contribution in [2.24, 2.45) is 0 Å². The lowest BCUT2D eigenvalue weighted by Gasteiger charge is -2.11. The minimum absolute atomic E-state index is 0.423. The fourth-order valence-electron chi connectivity index (χ4n) is 1.90. The highest BCUT2D eigenvalue weighted by Crippen LogP contribution is 2.27. The van der Waals surface area contributed by atoms with Crippen molar-refractivity contribution in [3.8, 4) is 0 Å². The first kappa shape index (κ1) is 11.2. The zero-order chi connectivity index (χ0) is 12.4. The predicted molar refractivity (Wildman–Crippen MR) is 60.9 cm³/mol. The standard InChI is InChI=1S/C12H11NO4/c14-10(15)6-9(12(16)17)8-3-1-2-7-4-5-13-11(7)8/h1-5,9,13H,6H2,(H,14,15)(H,16,17). The van der Waals surface area contributed by atoms with Crippen LogP contribution in [0.1, 0.15) is 17.9 Å². The molecule has 17 heavy (non-hydrogen) atoms. The van der Waals surface area contributed by atoms with E-state index in [2.05, 4.69) is 4.98 Å². The van der Waals surface area contributed by atoms with Crippen molar-refractivity contribution >= 4 is 22.8 Å². The Bertz CT molecular complexity index is 573. The van der Waals surface area contributed by atoms with Gasteiger partial charge in [0.05, 0.1) is 12.3 Å². The number of hydrogen-bond acceptors (Lipinski definition) is 2. The monoisotopic (exact) mass is 233 g/mol. The van der Waals surface area contributed by atoms with E-state index < -0.39 is 24.3 Å². The lowest BCUT2D eigenvalue weighted by atomic mass is 9.94. The van der Waals surface area contributed by atoms with E-state index in [-0.39, 0.29) is 0 Å². The molecular formula is C12H11NO4. The summed E-state index contributed by atoms with van der Waals surface area (Å²) in [5.41, 5.74) is 1.18. The summed E-state index contributed by atoms with van der Waals surface area (Å²) in [6.07, 6.45) is 1.28. The first-order valence-corrected chi connectivity index (χ1v) is 5.10. The topological polar surface area (TPSA) is 90.4 Å². The van der Waals surface area contributed by atoms with Crippen LogP contribution in [0.25, 0.3) is 10.9 Å². The van der Waals surface area contributed by atoms with Gasteiger partial charge in [0.25, 0.3) is 0 Å².